The molecule has 2 aromatic rings. The highest BCUT2D eigenvalue weighted by Crippen LogP contribution is 2.24. The van der Waals surface area contributed by atoms with Crippen LogP contribution in [-0.2, 0) is 16.0 Å². The van der Waals surface area contributed by atoms with E-state index in [-0.39, 0.29) is 12.0 Å². The fourth-order valence-electron chi connectivity index (χ4n) is 2.75. The van der Waals surface area contributed by atoms with Gasteiger partial charge in [-0.25, -0.2) is 4.79 Å². The molecule has 3 rings (SSSR count). The number of aryl methyl sites for hydroxylation is 1. The third-order valence-corrected chi connectivity index (χ3v) is 4.79. The first-order valence-electron chi connectivity index (χ1n) is 8.31. The van der Waals surface area contributed by atoms with Gasteiger partial charge in [-0.2, -0.15) is 0 Å². The van der Waals surface area contributed by atoms with Gasteiger partial charge in [-0.1, -0.05) is 35.3 Å². The van der Waals surface area contributed by atoms with Gasteiger partial charge < -0.3 is 10.1 Å². The Labute approximate surface area is 161 Å². The van der Waals surface area contributed by atoms with Crippen LogP contribution in [-0.4, -0.2) is 25.2 Å². The number of halogens is 2. The topological polar surface area (TPSA) is 58.6 Å². The monoisotopic (exact) mass is 392 g/mol. The summed E-state index contributed by atoms with van der Waals surface area (Å²) in [7, 11) is 0. The first-order valence-corrected chi connectivity index (χ1v) is 9.06. The highest BCUT2D eigenvalue weighted by Gasteiger charge is 2.23. The molecule has 0 aliphatic carbocycles. The number of hydrogen-bond acceptors (Lipinski definition) is 3. The number of carbonyl (C=O) groups is 2. The minimum atomic E-state index is -0.366. The van der Waals surface area contributed by atoms with Crippen molar-refractivity contribution >= 4 is 46.6 Å². The minimum Gasteiger partial charge on any atom is -0.447 e. The van der Waals surface area contributed by atoms with E-state index in [9.17, 15) is 9.59 Å². The van der Waals surface area contributed by atoms with E-state index in [2.05, 4.69) is 5.32 Å². The summed E-state index contributed by atoms with van der Waals surface area (Å²) < 4.78 is 4.93. The number of cyclic esters (lactones) is 1. The number of nitrogens with zero attached hydrogens (tertiary/aromatic N) is 1. The number of rotatable bonds is 6. The van der Waals surface area contributed by atoms with Crippen LogP contribution in [0.25, 0.3) is 0 Å². The molecule has 1 aliphatic rings. The van der Waals surface area contributed by atoms with E-state index in [0.29, 0.717) is 47.4 Å². The van der Waals surface area contributed by atoms with Gasteiger partial charge in [0.05, 0.1) is 16.6 Å². The van der Waals surface area contributed by atoms with Gasteiger partial charge in [-0.05, 0) is 48.7 Å². The molecule has 0 aromatic heterocycles. The fraction of sp³-hybridized carbons (Fsp3) is 0.263. The molecule has 0 saturated carbocycles. The smallest absolute Gasteiger partial charge is 0.414 e. The van der Waals surface area contributed by atoms with E-state index in [0.717, 1.165) is 12.0 Å². The second-order valence-electron chi connectivity index (χ2n) is 5.97. The molecule has 1 fully saturated rings. The predicted octanol–water partition coefficient (Wildman–Crippen LogP) is 4.91. The zero-order chi connectivity index (χ0) is 18.5. The van der Waals surface area contributed by atoms with Gasteiger partial charge in [0.1, 0.15) is 6.61 Å². The number of nitrogens with one attached hydrogen (secondary N) is 1. The molecule has 1 N–H and O–H groups in total. The van der Waals surface area contributed by atoms with Crippen molar-refractivity contribution in [1.82, 2.24) is 0 Å². The zero-order valence-corrected chi connectivity index (χ0v) is 15.5. The Hall–Kier alpha value is -2.24. The fourth-order valence-corrected chi connectivity index (χ4v) is 3.07. The Morgan fingerprint density at radius 3 is 2.73 bits per heavy atom. The number of carbonyl (C=O) groups excluding carboxylic acids is 2. The molecule has 2 aromatic carbocycles. The normalized spacial score (nSPS) is 13.6. The number of benzene rings is 2. The van der Waals surface area contributed by atoms with Crippen LogP contribution in [0.4, 0.5) is 16.2 Å². The molecule has 26 heavy (non-hydrogen) atoms. The van der Waals surface area contributed by atoms with Crippen molar-refractivity contribution in [2.75, 3.05) is 23.4 Å². The number of ether oxygens (including phenoxy) is 1. The molecule has 7 heteroatoms. The Bertz CT molecular complexity index is 826. The van der Waals surface area contributed by atoms with Crippen molar-refractivity contribution < 1.29 is 14.3 Å². The highest BCUT2D eigenvalue weighted by molar-refractivity contribution is 6.42. The maximum atomic E-state index is 12.2. The zero-order valence-electron chi connectivity index (χ0n) is 14.0. The van der Waals surface area contributed by atoms with Crippen LogP contribution < -0.4 is 10.2 Å². The Kier molecular flexibility index (Phi) is 6.01. The molecule has 2 amide bonds. The standard InChI is InChI=1S/C19H18Cl2N2O3/c20-16-8-7-13(11-17(16)21)3-1-6-18(24)22-14-4-2-5-15(12-14)23-9-10-26-19(23)25/h2,4-5,7-8,11-12H,1,3,6,9-10H2,(H,22,24). The van der Waals surface area contributed by atoms with E-state index in [4.69, 9.17) is 27.9 Å². The van der Waals surface area contributed by atoms with E-state index < -0.39 is 0 Å². The lowest BCUT2D eigenvalue weighted by Gasteiger charge is -2.14. The molecule has 0 unspecified atom stereocenters. The summed E-state index contributed by atoms with van der Waals surface area (Å²) in [5.74, 6) is -0.0776. The Morgan fingerprint density at radius 2 is 2.00 bits per heavy atom. The minimum absolute atomic E-state index is 0.0776. The van der Waals surface area contributed by atoms with Crippen LogP contribution in [0.1, 0.15) is 18.4 Å². The molecule has 0 atom stereocenters. The molecule has 5 nitrogen and oxygen atoms in total. The molecule has 1 saturated heterocycles. The lowest BCUT2D eigenvalue weighted by molar-refractivity contribution is -0.116. The van der Waals surface area contributed by atoms with Gasteiger partial charge in [-0.3, -0.25) is 9.69 Å². The van der Waals surface area contributed by atoms with Gasteiger partial charge in [0.15, 0.2) is 0 Å². The number of anilines is 2. The summed E-state index contributed by atoms with van der Waals surface area (Å²) in [5, 5.41) is 3.90. The predicted molar refractivity (Wildman–Crippen MR) is 103 cm³/mol. The van der Waals surface area contributed by atoms with E-state index in [1.165, 1.54) is 0 Å². The van der Waals surface area contributed by atoms with Gasteiger partial charge in [0.25, 0.3) is 0 Å². The molecule has 0 bridgehead atoms. The summed E-state index contributed by atoms with van der Waals surface area (Å²) in [5.41, 5.74) is 2.41. The van der Waals surface area contributed by atoms with Gasteiger partial charge in [0.2, 0.25) is 5.91 Å². The van der Waals surface area contributed by atoms with Crippen molar-refractivity contribution in [3.63, 3.8) is 0 Å². The Balaban J connectivity index is 1.51. The van der Waals surface area contributed by atoms with Gasteiger partial charge in [-0.15, -0.1) is 0 Å². The van der Waals surface area contributed by atoms with Crippen LogP contribution in [0.5, 0.6) is 0 Å². The second kappa shape index (κ2) is 8.43. The first kappa shape index (κ1) is 18.5. The molecule has 136 valence electrons. The van der Waals surface area contributed by atoms with Gasteiger partial charge >= 0.3 is 6.09 Å². The molecule has 1 heterocycles. The lowest BCUT2D eigenvalue weighted by Crippen LogP contribution is -2.23. The summed E-state index contributed by atoms with van der Waals surface area (Å²) in [6.07, 6.45) is 1.46. The summed E-state index contributed by atoms with van der Waals surface area (Å²) in [6, 6.07) is 12.7. The molecule has 1 aliphatic heterocycles. The summed E-state index contributed by atoms with van der Waals surface area (Å²) in [6.45, 7) is 0.893. The number of hydrogen-bond donors (Lipinski definition) is 1. The Morgan fingerprint density at radius 1 is 1.15 bits per heavy atom. The van der Waals surface area contributed by atoms with Crippen LogP contribution in [0.2, 0.25) is 10.0 Å². The number of amides is 2. The van der Waals surface area contributed by atoms with Crippen molar-refractivity contribution in [2.45, 2.75) is 19.3 Å². The quantitative estimate of drug-likeness (QED) is 0.759. The average Bonchev–Trinajstić information content (AvgIpc) is 3.04. The van der Waals surface area contributed by atoms with E-state index in [1.54, 1.807) is 29.2 Å². The molecular weight excluding hydrogens is 375 g/mol. The molecule has 0 radical (unpaired) electrons. The van der Waals surface area contributed by atoms with Crippen LogP contribution >= 0.6 is 23.2 Å². The molecular formula is C19H18Cl2N2O3. The first-order chi connectivity index (χ1) is 12.5. The summed E-state index contributed by atoms with van der Waals surface area (Å²) >= 11 is 11.9. The van der Waals surface area contributed by atoms with Gasteiger partial charge in [0, 0.05) is 17.8 Å². The van der Waals surface area contributed by atoms with E-state index >= 15 is 0 Å². The molecule has 0 spiro atoms. The third kappa shape index (κ3) is 4.68. The largest absolute Gasteiger partial charge is 0.447 e. The van der Waals surface area contributed by atoms with Crippen molar-refractivity contribution in [3.8, 4) is 0 Å². The van der Waals surface area contributed by atoms with Crippen LogP contribution in [0.3, 0.4) is 0 Å². The van der Waals surface area contributed by atoms with E-state index in [1.807, 2.05) is 18.2 Å². The summed E-state index contributed by atoms with van der Waals surface area (Å²) in [4.78, 5) is 25.3. The second-order valence-corrected chi connectivity index (χ2v) is 6.78. The maximum absolute atomic E-state index is 12.2. The maximum Gasteiger partial charge on any atom is 0.414 e. The highest BCUT2D eigenvalue weighted by atomic mass is 35.5. The lowest BCUT2D eigenvalue weighted by atomic mass is 10.1. The average molecular weight is 393 g/mol. The SMILES string of the molecule is O=C(CCCc1ccc(Cl)c(Cl)c1)Nc1cccc(N2CCOC2=O)c1. The van der Waals surface area contributed by atoms with Crippen molar-refractivity contribution in [3.05, 3.63) is 58.1 Å². The third-order valence-electron chi connectivity index (χ3n) is 4.06. The van der Waals surface area contributed by atoms with Crippen LogP contribution in [0, 0.1) is 0 Å². The van der Waals surface area contributed by atoms with Crippen molar-refractivity contribution in [2.24, 2.45) is 0 Å². The van der Waals surface area contributed by atoms with Crippen molar-refractivity contribution in [1.29, 1.82) is 0 Å². The van der Waals surface area contributed by atoms with Crippen LogP contribution in [0.15, 0.2) is 42.5 Å².